The van der Waals surface area contributed by atoms with Crippen LogP contribution in [0.4, 0.5) is 0 Å². The van der Waals surface area contributed by atoms with E-state index in [0.717, 1.165) is 5.56 Å². The summed E-state index contributed by atoms with van der Waals surface area (Å²) >= 11 is 18.5. The summed E-state index contributed by atoms with van der Waals surface area (Å²) < 4.78 is 1.58. The Hall–Kier alpha value is -3.05. The normalized spacial score (nSPS) is 12.5. The van der Waals surface area contributed by atoms with Crippen molar-refractivity contribution in [3.05, 3.63) is 69.3 Å². The van der Waals surface area contributed by atoms with Crippen molar-refractivity contribution in [3.8, 4) is 23.1 Å². The van der Waals surface area contributed by atoms with Crippen LogP contribution in [0.3, 0.4) is 0 Å². The first-order valence-corrected chi connectivity index (χ1v) is 10.6. The number of carbonyl (C=O) groups is 1. The van der Waals surface area contributed by atoms with Gasteiger partial charge in [0, 0.05) is 15.6 Å². The molecule has 0 radical (unpaired) electrons. The van der Waals surface area contributed by atoms with Crippen LogP contribution in [0, 0.1) is 17.4 Å². The molecule has 1 aromatic heterocycles. The maximum atomic E-state index is 11.6. The molecule has 1 atom stereocenters. The summed E-state index contributed by atoms with van der Waals surface area (Å²) in [4.78, 5) is 15.9. The van der Waals surface area contributed by atoms with Crippen molar-refractivity contribution in [2.24, 2.45) is 10.9 Å². The molecule has 0 aliphatic rings. The zero-order valence-corrected chi connectivity index (χ0v) is 19.3. The summed E-state index contributed by atoms with van der Waals surface area (Å²) in [5, 5.41) is 27.2. The summed E-state index contributed by atoms with van der Waals surface area (Å²) in [6.07, 6.45) is 1.80. The number of aliphatic carboxylic acids is 1. The van der Waals surface area contributed by atoms with E-state index in [9.17, 15) is 15.2 Å². The fourth-order valence-corrected chi connectivity index (χ4v) is 3.62. The van der Waals surface area contributed by atoms with Crippen LogP contribution in [0.5, 0.6) is 0 Å². The van der Waals surface area contributed by atoms with Gasteiger partial charge in [0.1, 0.15) is 5.69 Å². The molecule has 3 rings (SSSR count). The van der Waals surface area contributed by atoms with Crippen molar-refractivity contribution >= 4 is 46.6 Å². The molecular weight excluding hydrogens is 473 g/mol. The molecule has 0 fully saturated rings. The van der Waals surface area contributed by atoms with Crippen molar-refractivity contribution in [1.29, 1.82) is 5.26 Å². The number of nitrogens with zero attached hydrogens (tertiary/aromatic N) is 4. The molecule has 0 aliphatic carbocycles. The predicted octanol–water partition coefficient (Wildman–Crippen LogP) is 5.43. The Bertz CT molecular complexity index is 1210. The van der Waals surface area contributed by atoms with E-state index in [2.05, 4.69) is 15.4 Å². The minimum absolute atomic E-state index is 0.0349. The second-order valence-electron chi connectivity index (χ2n) is 7.17. The van der Waals surface area contributed by atoms with Gasteiger partial charge in [-0.2, -0.15) is 10.4 Å². The molecule has 164 valence electrons. The van der Waals surface area contributed by atoms with Crippen LogP contribution in [0.1, 0.15) is 19.5 Å². The van der Waals surface area contributed by atoms with Crippen LogP contribution < -0.4 is 5.32 Å². The van der Waals surface area contributed by atoms with Crippen LogP contribution in [-0.2, 0) is 4.79 Å². The van der Waals surface area contributed by atoms with E-state index in [1.54, 1.807) is 61.1 Å². The van der Waals surface area contributed by atoms with Gasteiger partial charge in [0.05, 0.1) is 16.4 Å². The minimum Gasteiger partial charge on any atom is -0.480 e. The van der Waals surface area contributed by atoms with E-state index in [-0.39, 0.29) is 17.4 Å². The first-order chi connectivity index (χ1) is 15.2. The fourth-order valence-electron chi connectivity index (χ4n) is 3.00. The average Bonchev–Trinajstić information content (AvgIpc) is 3.16. The van der Waals surface area contributed by atoms with Gasteiger partial charge in [-0.3, -0.25) is 10.3 Å². The zero-order valence-electron chi connectivity index (χ0n) is 17.1. The molecule has 2 aromatic carbocycles. The molecule has 32 heavy (non-hydrogen) atoms. The highest BCUT2D eigenvalue weighted by Crippen LogP contribution is 2.30. The van der Waals surface area contributed by atoms with E-state index < -0.39 is 12.0 Å². The maximum absolute atomic E-state index is 11.6. The first-order valence-electron chi connectivity index (χ1n) is 9.48. The molecule has 2 N–H and O–H groups in total. The van der Waals surface area contributed by atoms with Gasteiger partial charge < -0.3 is 5.11 Å². The molecule has 0 aliphatic heterocycles. The maximum Gasteiger partial charge on any atom is 0.328 e. The SMILES string of the molecule is CC(C)C(N=C(NC#N)c1cc(-c2ccc(Cl)cc2)n(-c2ccc(Cl)cc2Cl)n1)C(=O)O. The van der Waals surface area contributed by atoms with Gasteiger partial charge in [0.2, 0.25) is 0 Å². The third kappa shape index (κ3) is 5.22. The Morgan fingerprint density at radius 2 is 1.78 bits per heavy atom. The quantitative estimate of drug-likeness (QED) is 0.208. The van der Waals surface area contributed by atoms with Crippen molar-refractivity contribution in [2.45, 2.75) is 19.9 Å². The molecule has 1 heterocycles. The van der Waals surface area contributed by atoms with Gasteiger partial charge >= 0.3 is 5.97 Å². The minimum atomic E-state index is -1.10. The number of hydrogen-bond acceptors (Lipinski definition) is 4. The van der Waals surface area contributed by atoms with Crippen LogP contribution in [0.2, 0.25) is 15.1 Å². The summed E-state index contributed by atoms with van der Waals surface area (Å²) in [6, 6.07) is 12.7. The van der Waals surface area contributed by atoms with Crippen LogP contribution in [0.15, 0.2) is 53.5 Å². The second-order valence-corrected chi connectivity index (χ2v) is 8.45. The first kappa shape index (κ1) is 23.6. The third-order valence-corrected chi connectivity index (χ3v) is 5.35. The standard InChI is InChI=1S/C22H18Cl3N5O2/c1-12(2)20(22(31)32)28-21(27-11-26)17-10-19(13-3-5-14(23)6-4-13)30(29-17)18-8-7-15(24)9-16(18)25/h3-10,12,20H,1-2H3,(H,27,28)(H,31,32). The molecule has 10 heteroatoms. The smallest absolute Gasteiger partial charge is 0.328 e. The highest BCUT2D eigenvalue weighted by molar-refractivity contribution is 6.35. The van der Waals surface area contributed by atoms with Crippen molar-refractivity contribution in [3.63, 3.8) is 0 Å². The Morgan fingerprint density at radius 3 is 2.34 bits per heavy atom. The Labute approximate surface area is 199 Å². The Morgan fingerprint density at radius 1 is 1.12 bits per heavy atom. The molecule has 0 saturated carbocycles. The predicted molar refractivity (Wildman–Crippen MR) is 126 cm³/mol. The molecule has 7 nitrogen and oxygen atoms in total. The van der Waals surface area contributed by atoms with Gasteiger partial charge in [-0.25, -0.2) is 9.48 Å². The molecule has 0 bridgehead atoms. The summed E-state index contributed by atoms with van der Waals surface area (Å²) in [5.74, 6) is -1.37. The van der Waals surface area contributed by atoms with Gasteiger partial charge in [0.25, 0.3) is 0 Å². The van der Waals surface area contributed by atoms with Gasteiger partial charge in [-0.15, -0.1) is 0 Å². The van der Waals surface area contributed by atoms with Gasteiger partial charge in [-0.1, -0.05) is 60.8 Å². The number of benzene rings is 2. The number of carboxylic acid groups (broad SMARTS) is 1. The number of nitriles is 1. The van der Waals surface area contributed by atoms with E-state index in [1.165, 1.54) is 0 Å². The number of halogens is 3. The van der Waals surface area contributed by atoms with E-state index in [4.69, 9.17) is 34.8 Å². The van der Waals surface area contributed by atoms with E-state index in [0.29, 0.717) is 26.4 Å². The monoisotopic (exact) mass is 489 g/mol. The second kappa shape index (κ2) is 10.0. The molecule has 0 saturated heterocycles. The topological polar surface area (TPSA) is 103 Å². The zero-order chi connectivity index (χ0) is 23.4. The summed E-state index contributed by atoms with van der Waals surface area (Å²) in [6.45, 7) is 3.47. The molecule has 0 spiro atoms. The summed E-state index contributed by atoms with van der Waals surface area (Å²) in [5.41, 5.74) is 2.22. The van der Waals surface area contributed by atoms with Crippen LogP contribution >= 0.6 is 34.8 Å². The van der Waals surface area contributed by atoms with Crippen LogP contribution in [-0.4, -0.2) is 32.7 Å². The molecule has 0 amide bonds. The Balaban J connectivity index is 2.23. The number of carboxylic acids is 1. The van der Waals surface area contributed by atoms with E-state index in [1.807, 2.05) is 12.1 Å². The number of aromatic nitrogens is 2. The summed E-state index contributed by atoms with van der Waals surface area (Å²) in [7, 11) is 0. The van der Waals surface area contributed by atoms with Crippen molar-refractivity contribution in [2.75, 3.05) is 0 Å². The lowest BCUT2D eigenvalue weighted by Crippen LogP contribution is -2.30. The van der Waals surface area contributed by atoms with E-state index >= 15 is 0 Å². The molecular formula is C22H18Cl3N5O2. The lowest BCUT2D eigenvalue weighted by Gasteiger charge is -2.12. The van der Waals surface area contributed by atoms with Crippen LogP contribution in [0.25, 0.3) is 16.9 Å². The van der Waals surface area contributed by atoms with Crippen molar-refractivity contribution < 1.29 is 9.90 Å². The van der Waals surface area contributed by atoms with Crippen molar-refractivity contribution in [1.82, 2.24) is 15.1 Å². The number of nitrogens with one attached hydrogen (secondary N) is 1. The highest BCUT2D eigenvalue weighted by atomic mass is 35.5. The number of amidine groups is 1. The molecule has 3 aromatic rings. The lowest BCUT2D eigenvalue weighted by atomic mass is 10.1. The third-order valence-electron chi connectivity index (χ3n) is 4.56. The molecule has 1 unspecified atom stereocenters. The fraction of sp³-hybridized carbons (Fsp3) is 0.182. The number of hydrogen-bond donors (Lipinski definition) is 2. The average molecular weight is 491 g/mol. The lowest BCUT2D eigenvalue weighted by molar-refractivity contribution is -0.139. The largest absolute Gasteiger partial charge is 0.480 e. The van der Waals surface area contributed by atoms with Gasteiger partial charge in [0.15, 0.2) is 18.1 Å². The van der Waals surface area contributed by atoms with Gasteiger partial charge in [-0.05, 0) is 42.3 Å². The number of rotatable bonds is 6. The number of aliphatic imine (C=N–C) groups is 1. The highest BCUT2D eigenvalue weighted by Gasteiger charge is 2.24. The Kier molecular flexibility index (Phi) is 7.41.